The zero-order valence-corrected chi connectivity index (χ0v) is 17.9. The quantitative estimate of drug-likeness (QED) is 0.524. The molecule has 1 aromatic heterocycles. The number of fused-ring (bicyclic) bond motifs is 1. The molecule has 164 valence electrons. The molecule has 8 heteroatoms. The highest BCUT2D eigenvalue weighted by Crippen LogP contribution is 2.29. The van der Waals surface area contributed by atoms with Crippen molar-refractivity contribution in [3.63, 3.8) is 0 Å². The fourth-order valence-electron chi connectivity index (χ4n) is 3.15. The van der Waals surface area contributed by atoms with Crippen molar-refractivity contribution in [3.05, 3.63) is 53.3 Å². The number of hydrogen-bond acceptors (Lipinski definition) is 7. The normalized spacial score (nSPS) is 10.6. The van der Waals surface area contributed by atoms with Crippen molar-refractivity contribution < 1.29 is 33.0 Å². The number of rotatable bonds is 9. The van der Waals surface area contributed by atoms with E-state index < -0.39 is 18.5 Å². The molecule has 1 N–H and O–H groups in total. The monoisotopic (exact) mass is 427 g/mol. The van der Waals surface area contributed by atoms with Gasteiger partial charge in [-0.15, -0.1) is 0 Å². The maximum Gasteiger partial charge on any atom is 0.375 e. The fraction of sp³-hybridized carbons (Fsp3) is 0.304. The van der Waals surface area contributed by atoms with E-state index in [4.69, 9.17) is 23.4 Å². The van der Waals surface area contributed by atoms with E-state index in [0.717, 1.165) is 10.9 Å². The second-order valence-corrected chi connectivity index (χ2v) is 6.78. The number of benzene rings is 2. The first kappa shape index (κ1) is 22.0. The molecule has 3 aromatic rings. The summed E-state index contributed by atoms with van der Waals surface area (Å²) in [6, 6.07) is 10.8. The highest BCUT2D eigenvalue weighted by atomic mass is 16.5. The van der Waals surface area contributed by atoms with Crippen molar-refractivity contribution in [3.8, 4) is 17.2 Å². The Morgan fingerprint density at radius 1 is 0.968 bits per heavy atom. The van der Waals surface area contributed by atoms with E-state index >= 15 is 0 Å². The Hall–Kier alpha value is -3.68. The van der Waals surface area contributed by atoms with Gasteiger partial charge in [0.05, 0.1) is 21.3 Å². The standard InChI is InChI=1S/C23H25NO7/c1-14-17-12-16(27-2)6-8-18(17)31-22(14)23(26)30-13-21(25)24-10-9-15-5-7-19(28-3)20(11-15)29-4/h5-8,11-12H,9-10,13H2,1-4H3,(H,24,25). The van der Waals surface area contributed by atoms with Crippen molar-refractivity contribution in [2.45, 2.75) is 13.3 Å². The van der Waals surface area contributed by atoms with Crippen LogP contribution in [0.4, 0.5) is 0 Å². The number of aryl methyl sites for hydroxylation is 1. The molecule has 0 aliphatic carbocycles. The molecule has 1 amide bonds. The zero-order valence-electron chi connectivity index (χ0n) is 17.9. The number of hydrogen-bond donors (Lipinski definition) is 1. The smallest absolute Gasteiger partial charge is 0.375 e. The minimum atomic E-state index is -0.692. The number of amides is 1. The highest BCUT2D eigenvalue weighted by Gasteiger charge is 2.20. The van der Waals surface area contributed by atoms with E-state index in [1.165, 1.54) is 0 Å². The number of esters is 1. The molecule has 0 saturated heterocycles. The summed E-state index contributed by atoms with van der Waals surface area (Å²) in [5.74, 6) is 0.902. The fourth-order valence-corrected chi connectivity index (χ4v) is 3.15. The molecular formula is C23H25NO7. The molecule has 0 fully saturated rings. The van der Waals surface area contributed by atoms with E-state index in [1.54, 1.807) is 46.5 Å². The van der Waals surface area contributed by atoms with Crippen LogP contribution in [0.3, 0.4) is 0 Å². The molecule has 0 aliphatic rings. The van der Waals surface area contributed by atoms with Gasteiger partial charge in [-0.25, -0.2) is 4.79 Å². The lowest BCUT2D eigenvalue weighted by atomic mass is 10.1. The molecule has 31 heavy (non-hydrogen) atoms. The summed E-state index contributed by atoms with van der Waals surface area (Å²) in [5, 5.41) is 3.48. The Bertz CT molecular complexity index is 1090. The molecule has 0 bridgehead atoms. The summed E-state index contributed by atoms with van der Waals surface area (Å²) in [5.41, 5.74) is 2.15. The van der Waals surface area contributed by atoms with Crippen LogP contribution >= 0.6 is 0 Å². The van der Waals surface area contributed by atoms with Crippen molar-refractivity contribution in [2.24, 2.45) is 0 Å². The first-order valence-electron chi connectivity index (χ1n) is 9.68. The topological polar surface area (TPSA) is 96.2 Å². The molecular weight excluding hydrogens is 402 g/mol. The zero-order chi connectivity index (χ0) is 22.4. The number of furan rings is 1. The second-order valence-electron chi connectivity index (χ2n) is 6.78. The maximum absolute atomic E-state index is 12.4. The summed E-state index contributed by atoms with van der Waals surface area (Å²) in [6.07, 6.45) is 0.588. The Morgan fingerprint density at radius 2 is 1.74 bits per heavy atom. The summed E-state index contributed by atoms with van der Waals surface area (Å²) in [4.78, 5) is 24.4. The average Bonchev–Trinajstić information content (AvgIpc) is 3.13. The molecule has 3 rings (SSSR count). The van der Waals surface area contributed by atoms with Gasteiger partial charge in [-0.2, -0.15) is 0 Å². The number of methoxy groups -OCH3 is 3. The average molecular weight is 427 g/mol. The summed E-state index contributed by atoms with van der Waals surface area (Å²) in [6.45, 7) is 1.74. The van der Waals surface area contributed by atoms with Crippen molar-refractivity contribution in [1.82, 2.24) is 5.32 Å². The lowest BCUT2D eigenvalue weighted by molar-refractivity contribution is -0.124. The van der Waals surface area contributed by atoms with Crippen LogP contribution in [0.5, 0.6) is 17.2 Å². The molecule has 0 unspecified atom stereocenters. The number of ether oxygens (including phenoxy) is 4. The third kappa shape index (κ3) is 5.09. The molecule has 0 aliphatic heterocycles. The highest BCUT2D eigenvalue weighted by molar-refractivity contribution is 5.97. The summed E-state index contributed by atoms with van der Waals surface area (Å²) in [7, 11) is 4.70. The Kier molecular flexibility index (Phi) is 7.02. The molecule has 0 radical (unpaired) electrons. The molecule has 0 saturated carbocycles. The first-order valence-corrected chi connectivity index (χ1v) is 9.68. The van der Waals surface area contributed by atoms with E-state index in [-0.39, 0.29) is 5.76 Å². The van der Waals surface area contributed by atoms with Gasteiger partial charge >= 0.3 is 5.97 Å². The van der Waals surface area contributed by atoms with Crippen LogP contribution in [-0.4, -0.2) is 46.4 Å². The largest absolute Gasteiger partial charge is 0.497 e. The minimum absolute atomic E-state index is 0.0707. The van der Waals surface area contributed by atoms with E-state index in [0.29, 0.717) is 41.4 Å². The van der Waals surface area contributed by atoms with Gasteiger partial charge in [0.25, 0.3) is 5.91 Å². The molecule has 8 nitrogen and oxygen atoms in total. The predicted molar refractivity (Wildman–Crippen MR) is 114 cm³/mol. The number of carbonyl (C=O) groups is 2. The third-order valence-electron chi connectivity index (χ3n) is 4.85. The minimum Gasteiger partial charge on any atom is -0.497 e. The van der Waals surface area contributed by atoms with E-state index in [2.05, 4.69) is 5.32 Å². The summed E-state index contributed by atoms with van der Waals surface area (Å²) >= 11 is 0. The van der Waals surface area contributed by atoms with Crippen LogP contribution in [0.15, 0.2) is 40.8 Å². The Labute approximate surface area is 180 Å². The number of carbonyl (C=O) groups excluding carboxylic acids is 2. The lowest BCUT2D eigenvalue weighted by Gasteiger charge is -2.10. The molecule has 2 aromatic carbocycles. The van der Waals surface area contributed by atoms with Gasteiger partial charge in [0, 0.05) is 17.5 Å². The van der Waals surface area contributed by atoms with Crippen LogP contribution in [0.2, 0.25) is 0 Å². The molecule has 1 heterocycles. The van der Waals surface area contributed by atoms with Gasteiger partial charge in [0.2, 0.25) is 5.76 Å². The lowest BCUT2D eigenvalue weighted by Crippen LogP contribution is -2.30. The van der Waals surface area contributed by atoms with Gasteiger partial charge in [-0.05, 0) is 49.2 Å². The maximum atomic E-state index is 12.4. The van der Waals surface area contributed by atoms with Crippen molar-refractivity contribution in [1.29, 1.82) is 0 Å². The molecule has 0 spiro atoms. The summed E-state index contributed by atoms with van der Waals surface area (Å²) < 4.78 is 26.4. The first-order chi connectivity index (χ1) is 15.0. The Balaban J connectivity index is 1.51. The van der Waals surface area contributed by atoms with Crippen molar-refractivity contribution >= 4 is 22.8 Å². The van der Waals surface area contributed by atoms with Gasteiger partial charge in [-0.1, -0.05) is 6.07 Å². The van der Waals surface area contributed by atoms with Crippen LogP contribution in [-0.2, 0) is 16.0 Å². The SMILES string of the molecule is COc1ccc2oc(C(=O)OCC(=O)NCCc3ccc(OC)c(OC)c3)c(C)c2c1. The molecule has 0 atom stereocenters. The van der Waals surface area contributed by atoms with E-state index in [1.807, 2.05) is 18.2 Å². The van der Waals surface area contributed by atoms with Crippen LogP contribution in [0, 0.1) is 6.92 Å². The number of nitrogens with one attached hydrogen (secondary N) is 1. The van der Waals surface area contributed by atoms with Gasteiger partial charge in [0.1, 0.15) is 11.3 Å². The van der Waals surface area contributed by atoms with Gasteiger partial charge < -0.3 is 28.7 Å². The van der Waals surface area contributed by atoms with Gasteiger partial charge in [0.15, 0.2) is 18.1 Å². The third-order valence-corrected chi connectivity index (χ3v) is 4.85. The van der Waals surface area contributed by atoms with E-state index in [9.17, 15) is 9.59 Å². The predicted octanol–water partition coefficient (Wildman–Crippen LogP) is 3.28. The van der Waals surface area contributed by atoms with Crippen LogP contribution in [0.25, 0.3) is 11.0 Å². The van der Waals surface area contributed by atoms with Crippen molar-refractivity contribution in [2.75, 3.05) is 34.5 Å². The Morgan fingerprint density at radius 3 is 2.45 bits per heavy atom. The van der Waals surface area contributed by atoms with Gasteiger partial charge in [-0.3, -0.25) is 4.79 Å². The van der Waals surface area contributed by atoms with Crippen LogP contribution in [0.1, 0.15) is 21.7 Å². The second kappa shape index (κ2) is 9.88. The van der Waals surface area contributed by atoms with Crippen LogP contribution < -0.4 is 19.5 Å².